The molecule has 0 saturated carbocycles. The molecule has 1 N–H and O–H groups in total. The summed E-state index contributed by atoms with van der Waals surface area (Å²) in [7, 11) is 0. The van der Waals surface area contributed by atoms with Gasteiger partial charge in [0.1, 0.15) is 0 Å². The van der Waals surface area contributed by atoms with Crippen molar-refractivity contribution in [1.29, 1.82) is 0 Å². The number of nitrogens with one attached hydrogen (secondary N) is 1. The Labute approximate surface area is 124 Å². The molecular formula is C15H22INO. The minimum atomic E-state index is 0.417. The van der Waals surface area contributed by atoms with E-state index in [4.69, 9.17) is 4.74 Å². The summed E-state index contributed by atoms with van der Waals surface area (Å²) >= 11 is 2.35. The van der Waals surface area contributed by atoms with E-state index in [1.54, 1.807) is 0 Å². The fourth-order valence-electron chi connectivity index (χ4n) is 2.59. The van der Waals surface area contributed by atoms with Gasteiger partial charge in [0.2, 0.25) is 0 Å². The molecule has 1 aromatic carbocycles. The average molecular weight is 359 g/mol. The van der Waals surface area contributed by atoms with Crippen molar-refractivity contribution < 1.29 is 4.74 Å². The van der Waals surface area contributed by atoms with Crippen molar-refractivity contribution in [3.05, 3.63) is 33.4 Å². The van der Waals surface area contributed by atoms with Crippen molar-refractivity contribution in [2.45, 2.75) is 38.8 Å². The van der Waals surface area contributed by atoms with Gasteiger partial charge >= 0.3 is 0 Å². The molecule has 2 atom stereocenters. The van der Waals surface area contributed by atoms with E-state index in [0.29, 0.717) is 12.1 Å². The summed E-state index contributed by atoms with van der Waals surface area (Å²) in [6.45, 7) is 6.40. The number of hydrogen-bond donors (Lipinski definition) is 1. The van der Waals surface area contributed by atoms with Crippen LogP contribution in [-0.2, 0) is 4.74 Å². The predicted octanol–water partition coefficient (Wildman–Crippen LogP) is 3.76. The Morgan fingerprint density at radius 3 is 2.39 bits per heavy atom. The van der Waals surface area contributed by atoms with Crippen LogP contribution >= 0.6 is 22.6 Å². The first-order valence-corrected chi connectivity index (χ1v) is 7.84. The van der Waals surface area contributed by atoms with Gasteiger partial charge in [-0.05, 0) is 72.9 Å². The van der Waals surface area contributed by atoms with Gasteiger partial charge in [0.25, 0.3) is 0 Å². The zero-order valence-corrected chi connectivity index (χ0v) is 13.3. The molecule has 1 fully saturated rings. The lowest BCUT2D eigenvalue weighted by Gasteiger charge is -2.30. The molecule has 1 saturated heterocycles. The minimum absolute atomic E-state index is 0.417. The van der Waals surface area contributed by atoms with E-state index in [1.807, 2.05) is 0 Å². The number of ether oxygens (including phenoxy) is 1. The zero-order valence-electron chi connectivity index (χ0n) is 11.2. The summed E-state index contributed by atoms with van der Waals surface area (Å²) < 4.78 is 6.72. The SMILES string of the molecule is CC(NC(C)C1CCOCC1)c1ccc(I)cc1. The molecule has 18 heavy (non-hydrogen) atoms. The van der Waals surface area contributed by atoms with Crippen LogP contribution in [-0.4, -0.2) is 19.3 Å². The molecule has 1 aliphatic rings. The van der Waals surface area contributed by atoms with Crippen molar-refractivity contribution in [2.24, 2.45) is 5.92 Å². The van der Waals surface area contributed by atoms with Crippen LogP contribution in [0.25, 0.3) is 0 Å². The first kappa shape index (κ1) is 14.3. The normalized spacial score (nSPS) is 20.6. The molecule has 0 amide bonds. The Morgan fingerprint density at radius 2 is 1.78 bits per heavy atom. The Kier molecular flexibility index (Phi) is 5.45. The van der Waals surface area contributed by atoms with Crippen LogP contribution in [0.5, 0.6) is 0 Å². The lowest BCUT2D eigenvalue weighted by molar-refractivity contribution is 0.0547. The second-order valence-corrected chi connectivity index (χ2v) is 6.42. The predicted molar refractivity (Wildman–Crippen MR) is 83.7 cm³/mol. The molecule has 1 heterocycles. The average Bonchev–Trinajstić information content (AvgIpc) is 2.40. The summed E-state index contributed by atoms with van der Waals surface area (Å²) in [5.41, 5.74) is 1.37. The molecule has 0 radical (unpaired) electrons. The fourth-order valence-corrected chi connectivity index (χ4v) is 2.95. The van der Waals surface area contributed by atoms with Crippen LogP contribution in [0.4, 0.5) is 0 Å². The fraction of sp³-hybridized carbons (Fsp3) is 0.600. The van der Waals surface area contributed by atoms with Crippen LogP contribution in [0.1, 0.15) is 38.3 Å². The molecule has 0 spiro atoms. The molecule has 3 heteroatoms. The van der Waals surface area contributed by atoms with Gasteiger partial charge in [0.15, 0.2) is 0 Å². The van der Waals surface area contributed by atoms with Gasteiger partial charge in [-0.2, -0.15) is 0 Å². The summed E-state index contributed by atoms with van der Waals surface area (Å²) in [5.74, 6) is 0.755. The van der Waals surface area contributed by atoms with Gasteiger partial charge in [-0.15, -0.1) is 0 Å². The van der Waals surface area contributed by atoms with Crippen LogP contribution < -0.4 is 5.32 Å². The van der Waals surface area contributed by atoms with Crippen LogP contribution in [0.15, 0.2) is 24.3 Å². The van der Waals surface area contributed by atoms with E-state index in [2.05, 4.69) is 66.0 Å². The Morgan fingerprint density at radius 1 is 1.17 bits per heavy atom. The smallest absolute Gasteiger partial charge is 0.0469 e. The zero-order chi connectivity index (χ0) is 13.0. The quantitative estimate of drug-likeness (QED) is 0.827. The highest BCUT2D eigenvalue weighted by atomic mass is 127. The van der Waals surface area contributed by atoms with Crippen LogP contribution in [0.3, 0.4) is 0 Å². The monoisotopic (exact) mass is 359 g/mol. The highest BCUT2D eigenvalue weighted by Gasteiger charge is 2.21. The lowest BCUT2D eigenvalue weighted by atomic mass is 9.92. The maximum absolute atomic E-state index is 5.42. The van der Waals surface area contributed by atoms with Gasteiger partial charge in [-0.1, -0.05) is 12.1 Å². The molecule has 2 nitrogen and oxygen atoms in total. The third-order valence-corrected chi connectivity index (χ3v) is 4.58. The molecule has 1 aliphatic heterocycles. The summed E-state index contributed by atoms with van der Waals surface area (Å²) in [5, 5.41) is 3.73. The molecular weight excluding hydrogens is 337 g/mol. The third-order valence-electron chi connectivity index (χ3n) is 3.86. The molecule has 0 aromatic heterocycles. The van der Waals surface area contributed by atoms with Crippen molar-refractivity contribution in [1.82, 2.24) is 5.32 Å². The molecule has 2 rings (SSSR count). The molecule has 0 bridgehead atoms. The molecule has 0 aliphatic carbocycles. The Hall–Kier alpha value is -0.130. The van der Waals surface area contributed by atoms with Crippen molar-refractivity contribution in [3.63, 3.8) is 0 Å². The number of benzene rings is 1. The largest absolute Gasteiger partial charge is 0.381 e. The maximum atomic E-state index is 5.42. The van der Waals surface area contributed by atoms with Gasteiger partial charge in [0.05, 0.1) is 0 Å². The van der Waals surface area contributed by atoms with Gasteiger partial charge in [-0.25, -0.2) is 0 Å². The van der Waals surface area contributed by atoms with E-state index < -0.39 is 0 Å². The van der Waals surface area contributed by atoms with E-state index in [-0.39, 0.29) is 0 Å². The highest BCUT2D eigenvalue weighted by Crippen LogP contribution is 2.22. The molecule has 2 unspecified atom stereocenters. The first-order chi connectivity index (χ1) is 8.66. The molecule has 1 aromatic rings. The summed E-state index contributed by atoms with van der Waals surface area (Å²) in [6.07, 6.45) is 2.38. The van der Waals surface area contributed by atoms with E-state index in [0.717, 1.165) is 19.1 Å². The lowest BCUT2D eigenvalue weighted by Crippen LogP contribution is -2.38. The topological polar surface area (TPSA) is 21.3 Å². The Bertz CT molecular complexity index is 359. The third kappa shape index (κ3) is 3.93. The standard InChI is InChI=1S/C15H22INO/c1-11(13-3-5-15(16)6-4-13)17-12(2)14-7-9-18-10-8-14/h3-6,11-12,14,17H,7-10H2,1-2H3. The van der Waals surface area contributed by atoms with Gasteiger partial charge < -0.3 is 10.1 Å². The van der Waals surface area contributed by atoms with Crippen molar-refractivity contribution in [3.8, 4) is 0 Å². The van der Waals surface area contributed by atoms with E-state index >= 15 is 0 Å². The van der Waals surface area contributed by atoms with E-state index in [9.17, 15) is 0 Å². The Balaban J connectivity index is 1.89. The molecule has 100 valence electrons. The first-order valence-electron chi connectivity index (χ1n) is 6.76. The van der Waals surface area contributed by atoms with E-state index in [1.165, 1.54) is 22.0 Å². The number of rotatable bonds is 4. The van der Waals surface area contributed by atoms with Crippen LogP contribution in [0, 0.1) is 9.49 Å². The van der Waals surface area contributed by atoms with Gasteiger partial charge in [-0.3, -0.25) is 0 Å². The van der Waals surface area contributed by atoms with Crippen molar-refractivity contribution >= 4 is 22.6 Å². The van der Waals surface area contributed by atoms with Crippen LogP contribution in [0.2, 0.25) is 0 Å². The summed E-state index contributed by atoms with van der Waals surface area (Å²) in [4.78, 5) is 0. The summed E-state index contributed by atoms with van der Waals surface area (Å²) in [6, 6.07) is 9.76. The minimum Gasteiger partial charge on any atom is -0.381 e. The van der Waals surface area contributed by atoms with Gasteiger partial charge in [0, 0.05) is 28.9 Å². The second kappa shape index (κ2) is 6.87. The maximum Gasteiger partial charge on any atom is 0.0469 e. The van der Waals surface area contributed by atoms with Crippen molar-refractivity contribution in [2.75, 3.05) is 13.2 Å². The number of halogens is 1. The second-order valence-electron chi connectivity index (χ2n) is 5.18. The highest BCUT2D eigenvalue weighted by molar-refractivity contribution is 14.1. The number of hydrogen-bond acceptors (Lipinski definition) is 2.